The molecule has 1 aromatic carbocycles. The van der Waals surface area contributed by atoms with E-state index >= 15 is 0 Å². The minimum absolute atomic E-state index is 0.275. The molecule has 36 heavy (non-hydrogen) atoms. The molecule has 3 heterocycles. The molecule has 1 aliphatic heterocycles. The molecule has 5 rings (SSSR count). The number of aryl methyl sites for hydroxylation is 2. The molecule has 3 aromatic rings. The molecule has 2 aromatic heterocycles. The first-order valence-electron chi connectivity index (χ1n) is 12.6. The molecule has 2 aliphatic rings. The Bertz CT molecular complexity index is 1290. The number of nitrogens with zero attached hydrogens (tertiary/aromatic N) is 6. The number of halogens is 1. The van der Waals surface area contributed by atoms with Crippen molar-refractivity contribution in [3.05, 3.63) is 63.7 Å². The van der Waals surface area contributed by atoms with Gasteiger partial charge in [-0.2, -0.15) is 0 Å². The van der Waals surface area contributed by atoms with Gasteiger partial charge in [0.2, 0.25) is 0 Å². The largest absolute Gasteiger partial charge is 0.444 e. The summed E-state index contributed by atoms with van der Waals surface area (Å²) >= 11 is 6.37. The Kier molecular flexibility index (Phi) is 6.49. The van der Waals surface area contributed by atoms with Gasteiger partial charge in [0.25, 0.3) is 0 Å². The normalized spacial score (nSPS) is 19.9. The summed E-state index contributed by atoms with van der Waals surface area (Å²) in [6.07, 6.45) is 5.52. The molecule has 0 atom stereocenters. The van der Waals surface area contributed by atoms with Crippen LogP contribution in [0, 0.1) is 13.8 Å². The van der Waals surface area contributed by atoms with Crippen molar-refractivity contribution in [1.29, 1.82) is 0 Å². The van der Waals surface area contributed by atoms with E-state index in [1.807, 2.05) is 59.0 Å². The maximum atomic E-state index is 13.0. The van der Waals surface area contributed by atoms with Crippen LogP contribution in [0.4, 0.5) is 4.79 Å². The van der Waals surface area contributed by atoms with E-state index in [4.69, 9.17) is 21.3 Å². The summed E-state index contributed by atoms with van der Waals surface area (Å²) in [6.45, 7) is 10.4. The summed E-state index contributed by atoms with van der Waals surface area (Å²) in [4.78, 5) is 24.0. The molecule has 0 bridgehead atoms. The number of hydrogen-bond acceptors (Lipinski definition) is 6. The van der Waals surface area contributed by atoms with Gasteiger partial charge >= 0.3 is 6.09 Å². The molecule has 1 aliphatic carbocycles. The summed E-state index contributed by atoms with van der Waals surface area (Å²) in [6, 6.07) is 5.81. The zero-order valence-corrected chi connectivity index (χ0v) is 22.3. The van der Waals surface area contributed by atoms with Gasteiger partial charge in [-0.05, 0) is 84.1 Å². The van der Waals surface area contributed by atoms with Crippen molar-refractivity contribution in [1.82, 2.24) is 29.6 Å². The van der Waals surface area contributed by atoms with Gasteiger partial charge in [0.15, 0.2) is 5.82 Å². The number of ether oxygens (including phenoxy) is 1. The lowest BCUT2D eigenvalue weighted by molar-refractivity contribution is 0.0214. The van der Waals surface area contributed by atoms with Gasteiger partial charge in [-0.15, -0.1) is 10.2 Å². The molecule has 0 N–H and O–H groups in total. The van der Waals surface area contributed by atoms with E-state index in [0.717, 1.165) is 65.7 Å². The minimum atomic E-state index is -0.585. The smallest absolute Gasteiger partial charge is 0.411 e. The average Bonchev–Trinajstić information content (AvgIpc) is 3.15. The number of benzene rings is 1. The summed E-state index contributed by atoms with van der Waals surface area (Å²) < 4.78 is 7.81. The number of carbonyl (C=O) groups excluding carboxylic acids is 1. The monoisotopic (exact) mass is 508 g/mol. The molecular formula is C27H33ClN6O2. The van der Waals surface area contributed by atoms with Crippen molar-refractivity contribution in [2.45, 2.75) is 90.8 Å². The highest BCUT2D eigenvalue weighted by atomic mass is 35.5. The Balaban J connectivity index is 1.44. The molecule has 0 unspecified atom stereocenters. The van der Waals surface area contributed by atoms with E-state index in [0.29, 0.717) is 24.0 Å². The second kappa shape index (κ2) is 9.47. The first kappa shape index (κ1) is 24.7. The molecule has 1 amide bonds. The van der Waals surface area contributed by atoms with E-state index in [1.54, 1.807) is 4.90 Å². The fourth-order valence-corrected chi connectivity index (χ4v) is 5.51. The van der Waals surface area contributed by atoms with Crippen LogP contribution in [0.25, 0.3) is 5.69 Å². The van der Waals surface area contributed by atoms with Gasteiger partial charge in [0.05, 0.1) is 35.9 Å². The quantitative estimate of drug-likeness (QED) is 0.420. The fourth-order valence-electron chi connectivity index (χ4n) is 5.31. The minimum Gasteiger partial charge on any atom is -0.444 e. The van der Waals surface area contributed by atoms with Crippen molar-refractivity contribution in [3.63, 3.8) is 0 Å². The molecule has 0 radical (unpaired) electrons. The second-order valence-corrected chi connectivity index (χ2v) is 11.4. The van der Waals surface area contributed by atoms with Crippen LogP contribution < -0.4 is 0 Å². The highest BCUT2D eigenvalue weighted by molar-refractivity contribution is 6.30. The van der Waals surface area contributed by atoms with Crippen LogP contribution in [-0.2, 0) is 17.8 Å². The number of carbonyl (C=O) groups is 1. The van der Waals surface area contributed by atoms with Crippen LogP contribution >= 0.6 is 11.6 Å². The Morgan fingerprint density at radius 1 is 1.06 bits per heavy atom. The van der Waals surface area contributed by atoms with Gasteiger partial charge in [-0.25, -0.2) is 4.79 Å². The third kappa shape index (κ3) is 4.96. The van der Waals surface area contributed by atoms with Crippen LogP contribution in [0.1, 0.15) is 92.6 Å². The zero-order valence-electron chi connectivity index (χ0n) is 21.6. The molecule has 190 valence electrons. The summed E-state index contributed by atoms with van der Waals surface area (Å²) in [5.41, 5.74) is 4.45. The second-order valence-electron chi connectivity index (χ2n) is 10.9. The predicted octanol–water partition coefficient (Wildman–Crippen LogP) is 6.02. The third-order valence-electron chi connectivity index (χ3n) is 6.97. The SMILES string of the molecule is Cc1cnc(C)c([C@H]2CC[C@H](c3nnc4n3-c3ccc(Cl)cc3CN(C(=O)OC(C)(C)C)C4)CC2)n1. The zero-order chi connectivity index (χ0) is 25.6. The fraction of sp³-hybridized carbons (Fsp3) is 0.519. The summed E-state index contributed by atoms with van der Waals surface area (Å²) in [5, 5.41) is 9.84. The van der Waals surface area contributed by atoms with E-state index in [-0.39, 0.29) is 12.0 Å². The first-order valence-corrected chi connectivity index (χ1v) is 13.0. The first-order chi connectivity index (χ1) is 17.1. The highest BCUT2D eigenvalue weighted by Gasteiger charge is 2.33. The lowest BCUT2D eigenvalue weighted by atomic mass is 9.79. The molecule has 1 fully saturated rings. The molecule has 0 spiro atoms. The third-order valence-corrected chi connectivity index (χ3v) is 7.21. The van der Waals surface area contributed by atoms with Crippen LogP contribution in [0.3, 0.4) is 0 Å². The average molecular weight is 509 g/mol. The Labute approximate surface area is 217 Å². The summed E-state index contributed by atoms with van der Waals surface area (Å²) in [7, 11) is 0. The number of amides is 1. The Morgan fingerprint density at radius 3 is 2.50 bits per heavy atom. The van der Waals surface area contributed by atoms with Crippen molar-refractivity contribution < 1.29 is 9.53 Å². The maximum absolute atomic E-state index is 13.0. The molecule has 9 heteroatoms. The Morgan fingerprint density at radius 2 is 1.78 bits per heavy atom. The Hall–Kier alpha value is -3.00. The lowest BCUT2D eigenvalue weighted by Crippen LogP contribution is -2.35. The number of fused-ring (bicyclic) bond motifs is 3. The van der Waals surface area contributed by atoms with Crippen molar-refractivity contribution in [2.24, 2.45) is 0 Å². The maximum Gasteiger partial charge on any atom is 0.411 e. The lowest BCUT2D eigenvalue weighted by Gasteiger charge is -2.28. The van der Waals surface area contributed by atoms with Crippen LogP contribution in [0.15, 0.2) is 24.4 Å². The number of aromatic nitrogens is 5. The van der Waals surface area contributed by atoms with Crippen molar-refractivity contribution in [3.8, 4) is 5.69 Å². The predicted molar refractivity (Wildman–Crippen MR) is 137 cm³/mol. The van der Waals surface area contributed by atoms with Gasteiger partial charge in [-0.3, -0.25) is 19.4 Å². The van der Waals surface area contributed by atoms with Crippen molar-refractivity contribution >= 4 is 17.7 Å². The standard InChI is InChI=1S/C27H33ClN6O2/c1-16-13-29-17(2)24(30-16)18-6-8-19(9-7-18)25-32-31-23-15-33(26(35)36-27(3,4)5)14-20-12-21(28)10-11-22(20)34(23)25/h10-13,18-19H,6-9,14-15H2,1-5H3/t18-,19-. The van der Waals surface area contributed by atoms with Gasteiger partial charge in [-0.1, -0.05) is 11.6 Å². The van der Waals surface area contributed by atoms with E-state index in [2.05, 4.69) is 19.7 Å². The molecule has 1 saturated carbocycles. The van der Waals surface area contributed by atoms with Gasteiger partial charge < -0.3 is 4.74 Å². The van der Waals surface area contributed by atoms with Crippen LogP contribution in [0.5, 0.6) is 0 Å². The summed E-state index contributed by atoms with van der Waals surface area (Å²) in [5.74, 6) is 2.37. The topological polar surface area (TPSA) is 86.0 Å². The van der Waals surface area contributed by atoms with Gasteiger partial charge in [0.1, 0.15) is 11.4 Å². The molecular weight excluding hydrogens is 476 g/mol. The van der Waals surface area contributed by atoms with Crippen LogP contribution in [-0.4, -0.2) is 41.3 Å². The highest BCUT2D eigenvalue weighted by Crippen LogP contribution is 2.41. The number of rotatable bonds is 2. The van der Waals surface area contributed by atoms with Crippen molar-refractivity contribution in [2.75, 3.05) is 0 Å². The number of hydrogen-bond donors (Lipinski definition) is 0. The van der Waals surface area contributed by atoms with E-state index in [9.17, 15) is 4.79 Å². The van der Waals surface area contributed by atoms with Crippen LogP contribution in [0.2, 0.25) is 5.02 Å². The van der Waals surface area contributed by atoms with Gasteiger partial charge in [0, 0.05) is 23.1 Å². The van der Waals surface area contributed by atoms with E-state index < -0.39 is 5.60 Å². The molecule has 0 saturated heterocycles. The molecule has 8 nitrogen and oxygen atoms in total. The van der Waals surface area contributed by atoms with E-state index in [1.165, 1.54) is 0 Å².